The molecule has 4 atom stereocenters. The van der Waals surface area contributed by atoms with E-state index in [4.69, 9.17) is 9.47 Å². The third-order valence-electron chi connectivity index (χ3n) is 5.85. The van der Waals surface area contributed by atoms with Gasteiger partial charge in [-0.3, -0.25) is 0 Å². The lowest BCUT2D eigenvalue weighted by molar-refractivity contribution is 0.0333. The average molecular weight is 355 g/mol. The van der Waals surface area contributed by atoms with E-state index in [2.05, 4.69) is 34.6 Å². The Kier molecular flexibility index (Phi) is 9.89. The van der Waals surface area contributed by atoms with Crippen LogP contribution >= 0.6 is 0 Å². The smallest absolute Gasteiger partial charge is 0.427 e. The van der Waals surface area contributed by atoms with Gasteiger partial charge in [0.05, 0.1) is 0 Å². The standard InChI is InChI=1S/C22H42O3/c1-7-20-22(6,25-21(23)24-20)16-10-15-19(5)14-9-13-18(4)12-8-11-17(2)3/h17-20H,7-16H2,1-6H3. The van der Waals surface area contributed by atoms with Crippen molar-refractivity contribution < 1.29 is 14.3 Å². The normalized spacial score (nSPS) is 25.7. The van der Waals surface area contributed by atoms with Gasteiger partial charge in [0.25, 0.3) is 0 Å². The SMILES string of the molecule is CCC1OC(=O)OC1(C)CCCC(C)CCCC(C)CCCC(C)C. The van der Waals surface area contributed by atoms with Crippen LogP contribution < -0.4 is 0 Å². The minimum absolute atomic E-state index is 0.0815. The molecule has 0 aliphatic carbocycles. The van der Waals surface area contributed by atoms with Crippen molar-refractivity contribution in [3.05, 3.63) is 0 Å². The second kappa shape index (κ2) is 11.1. The van der Waals surface area contributed by atoms with E-state index in [0.717, 1.165) is 37.0 Å². The van der Waals surface area contributed by atoms with Crippen LogP contribution in [0.25, 0.3) is 0 Å². The second-order valence-electron chi connectivity index (χ2n) is 9.04. The maximum Gasteiger partial charge on any atom is 0.509 e. The van der Waals surface area contributed by atoms with Crippen LogP contribution in [0.5, 0.6) is 0 Å². The molecule has 0 amide bonds. The molecule has 0 saturated carbocycles. The monoisotopic (exact) mass is 354 g/mol. The van der Waals surface area contributed by atoms with Crippen LogP contribution in [0.15, 0.2) is 0 Å². The van der Waals surface area contributed by atoms with Crippen molar-refractivity contribution in [2.75, 3.05) is 0 Å². The highest BCUT2D eigenvalue weighted by molar-refractivity contribution is 5.63. The molecule has 0 aromatic carbocycles. The Bertz CT molecular complexity index is 379. The predicted octanol–water partition coefficient (Wildman–Crippen LogP) is 7.13. The summed E-state index contributed by atoms with van der Waals surface area (Å²) in [6.45, 7) is 13.5. The van der Waals surface area contributed by atoms with Crippen molar-refractivity contribution in [2.24, 2.45) is 17.8 Å². The van der Waals surface area contributed by atoms with Gasteiger partial charge in [0.15, 0.2) is 0 Å². The lowest BCUT2D eigenvalue weighted by Gasteiger charge is -2.26. The van der Waals surface area contributed by atoms with Gasteiger partial charge in [-0.2, -0.15) is 0 Å². The number of carbonyl (C=O) groups is 1. The van der Waals surface area contributed by atoms with Crippen LogP contribution in [0.2, 0.25) is 0 Å². The van der Waals surface area contributed by atoms with E-state index in [0.29, 0.717) is 0 Å². The summed E-state index contributed by atoms with van der Waals surface area (Å²) >= 11 is 0. The molecular weight excluding hydrogens is 312 g/mol. The van der Waals surface area contributed by atoms with Crippen LogP contribution in [0.3, 0.4) is 0 Å². The van der Waals surface area contributed by atoms with Gasteiger partial charge in [-0.15, -0.1) is 0 Å². The molecule has 1 rings (SSSR count). The third-order valence-corrected chi connectivity index (χ3v) is 5.85. The number of carbonyl (C=O) groups excluding carboxylic acids is 1. The zero-order chi connectivity index (χ0) is 18.9. The van der Waals surface area contributed by atoms with Crippen molar-refractivity contribution in [3.8, 4) is 0 Å². The van der Waals surface area contributed by atoms with Crippen LogP contribution in [0.4, 0.5) is 4.79 Å². The van der Waals surface area contributed by atoms with Crippen LogP contribution in [0.1, 0.15) is 106 Å². The zero-order valence-corrected chi connectivity index (χ0v) is 17.6. The molecule has 0 bridgehead atoms. The van der Waals surface area contributed by atoms with Crippen LogP contribution in [-0.2, 0) is 9.47 Å². The first-order valence-electron chi connectivity index (χ1n) is 10.7. The maximum absolute atomic E-state index is 11.4. The van der Waals surface area contributed by atoms with Gasteiger partial charge < -0.3 is 9.47 Å². The molecule has 1 fully saturated rings. The average Bonchev–Trinajstić information content (AvgIpc) is 2.81. The summed E-state index contributed by atoms with van der Waals surface area (Å²) < 4.78 is 10.7. The van der Waals surface area contributed by atoms with Gasteiger partial charge in [0.2, 0.25) is 0 Å². The zero-order valence-electron chi connectivity index (χ0n) is 17.6. The highest BCUT2D eigenvalue weighted by Crippen LogP contribution is 2.34. The van der Waals surface area contributed by atoms with Gasteiger partial charge in [-0.05, 0) is 43.9 Å². The largest absolute Gasteiger partial charge is 0.509 e. The molecule has 148 valence electrons. The Morgan fingerprint density at radius 3 is 1.96 bits per heavy atom. The van der Waals surface area contributed by atoms with Gasteiger partial charge >= 0.3 is 6.16 Å². The highest BCUT2D eigenvalue weighted by Gasteiger charge is 2.45. The second-order valence-corrected chi connectivity index (χ2v) is 9.04. The lowest BCUT2D eigenvalue weighted by atomic mass is 9.88. The van der Waals surface area contributed by atoms with Gasteiger partial charge in [-0.1, -0.05) is 79.6 Å². The molecule has 1 heterocycles. The van der Waals surface area contributed by atoms with Crippen molar-refractivity contribution in [3.63, 3.8) is 0 Å². The first-order valence-corrected chi connectivity index (χ1v) is 10.7. The number of ether oxygens (including phenoxy) is 2. The first-order chi connectivity index (χ1) is 11.8. The fourth-order valence-electron chi connectivity index (χ4n) is 4.03. The minimum atomic E-state index is -0.492. The van der Waals surface area contributed by atoms with E-state index in [1.54, 1.807) is 0 Å². The van der Waals surface area contributed by atoms with Crippen molar-refractivity contribution in [1.82, 2.24) is 0 Å². The third kappa shape index (κ3) is 8.46. The summed E-state index contributed by atoms with van der Waals surface area (Å²) in [6, 6.07) is 0. The van der Waals surface area contributed by atoms with Crippen molar-refractivity contribution in [2.45, 2.75) is 117 Å². The first kappa shape index (κ1) is 22.3. The van der Waals surface area contributed by atoms with Crippen LogP contribution in [-0.4, -0.2) is 17.9 Å². The van der Waals surface area contributed by atoms with E-state index < -0.39 is 11.8 Å². The predicted molar refractivity (Wildman–Crippen MR) is 105 cm³/mol. The van der Waals surface area contributed by atoms with E-state index in [-0.39, 0.29) is 6.10 Å². The number of hydrogen-bond acceptors (Lipinski definition) is 3. The van der Waals surface area contributed by atoms with Crippen molar-refractivity contribution >= 4 is 6.16 Å². The Labute approximate surface area is 156 Å². The summed E-state index contributed by atoms with van der Waals surface area (Å²) in [6.07, 6.45) is 11.6. The summed E-state index contributed by atoms with van der Waals surface area (Å²) in [5.74, 6) is 2.46. The molecule has 3 nitrogen and oxygen atoms in total. The Balaban J connectivity index is 2.12. The Morgan fingerprint density at radius 2 is 1.44 bits per heavy atom. The number of hydrogen-bond donors (Lipinski definition) is 0. The molecule has 4 unspecified atom stereocenters. The Hall–Kier alpha value is -0.730. The quantitative estimate of drug-likeness (QED) is 0.330. The molecule has 25 heavy (non-hydrogen) atoms. The number of rotatable bonds is 13. The molecule has 0 radical (unpaired) electrons. The van der Waals surface area contributed by atoms with Gasteiger partial charge in [0.1, 0.15) is 11.7 Å². The highest BCUT2D eigenvalue weighted by atomic mass is 16.8. The minimum Gasteiger partial charge on any atom is -0.427 e. The maximum atomic E-state index is 11.4. The van der Waals surface area contributed by atoms with E-state index in [1.165, 1.54) is 44.9 Å². The molecule has 1 aliphatic rings. The summed E-state index contributed by atoms with van der Waals surface area (Å²) in [7, 11) is 0. The molecule has 0 spiro atoms. The number of cyclic esters (lactones) is 2. The molecule has 1 aliphatic heterocycles. The molecule has 1 saturated heterocycles. The molecular formula is C22H42O3. The van der Waals surface area contributed by atoms with Gasteiger partial charge in [-0.25, -0.2) is 4.79 Å². The fraction of sp³-hybridized carbons (Fsp3) is 0.955. The van der Waals surface area contributed by atoms with Crippen molar-refractivity contribution in [1.29, 1.82) is 0 Å². The molecule has 0 aromatic rings. The summed E-state index contributed by atoms with van der Waals surface area (Å²) in [4.78, 5) is 11.4. The molecule has 3 heteroatoms. The molecule has 0 aromatic heterocycles. The lowest BCUT2D eigenvalue weighted by Crippen LogP contribution is -2.36. The van der Waals surface area contributed by atoms with Gasteiger partial charge in [0, 0.05) is 0 Å². The van der Waals surface area contributed by atoms with Crippen LogP contribution in [0, 0.1) is 17.8 Å². The van der Waals surface area contributed by atoms with E-state index in [9.17, 15) is 4.79 Å². The van der Waals surface area contributed by atoms with E-state index >= 15 is 0 Å². The topological polar surface area (TPSA) is 35.5 Å². The molecule has 0 N–H and O–H groups in total. The Morgan fingerprint density at radius 1 is 0.920 bits per heavy atom. The summed E-state index contributed by atoms with van der Waals surface area (Å²) in [5.41, 5.74) is -0.420. The fourth-order valence-corrected chi connectivity index (χ4v) is 4.03. The van der Waals surface area contributed by atoms with E-state index in [1.807, 2.05) is 6.92 Å². The summed E-state index contributed by atoms with van der Waals surface area (Å²) in [5, 5.41) is 0.